The molecule has 2 aromatic rings. The van der Waals surface area contributed by atoms with Crippen molar-refractivity contribution in [2.75, 3.05) is 13.2 Å². The number of ether oxygens (including phenoxy) is 1. The highest BCUT2D eigenvalue weighted by Crippen LogP contribution is 2.26. The second-order valence-electron chi connectivity index (χ2n) is 5.71. The quantitative estimate of drug-likeness (QED) is 0.918. The van der Waals surface area contributed by atoms with Gasteiger partial charge in [0.05, 0.1) is 6.61 Å². The third-order valence-electron chi connectivity index (χ3n) is 4.05. The highest BCUT2D eigenvalue weighted by atomic mass is 16.5. The van der Waals surface area contributed by atoms with Crippen LogP contribution in [-0.4, -0.2) is 28.6 Å². The van der Waals surface area contributed by atoms with Gasteiger partial charge in [-0.05, 0) is 25.0 Å². The maximum Gasteiger partial charge on any atom is 0.221 e. The van der Waals surface area contributed by atoms with Crippen LogP contribution in [0.1, 0.15) is 17.8 Å². The normalized spacial score (nSPS) is 16.7. The van der Waals surface area contributed by atoms with E-state index in [9.17, 15) is 4.79 Å². The maximum absolute atomic E-state index is 12.0. The van der Waals surface area contributed by atoms with E-state index in [0.29, 0.717) is 32.0 Å². The molecule has 1 aliphatic rings. The van der Waals surface area contributed by atoms with Crippen LogP contribution in [0.25, 0.3) is 0 Å². The summed E-state index contributed by atoms with van der Waals surface area (Å²) in [5, 5.41) is 3.01. The van der Waals surface area contributed by atoms with Crippen molar-refractivity contribution in [1.29, 1.82) is 0 Å². The summed E-state index contributed by atoms with van der Waals surface area (Å²) in [6.07, 6.45) is 5.08. The molecule has 0 aliphatic carbocycles. The number of nitrogens with zero attached hydrogens (tertiary/aromatic N) is 2. The molecule has 1 aromatic carbocycles. The van der Waals surface area contributed by atoms with Crippen LogP contribution in [0.2, 0.25) is 0 Å². The Bertz CT molecular complexity index is 651. The second kappa shape index (κ2) is 6.64. The third-order valence-corrected chi connectivity index (χ3v) is 4.05. The molecular formula is C17H21N3O2. The Morgan fingerprint density at radius 1 is 1.45 bits per heavy atom. The van der Waals surface area contributed by atoms with Crippen LogP contribution in [-0.2, 0) is 17.8 Å². The minimum Gasteiger partial charge on any atom is -0.493 e. The van der Waals surface area contributed by atoms with E-state index in [0.717, 1.165) is 18.0 Å². The monoisotopic (exact) mass is 299 g/mol. The molecule has 0 radical (unpaired) electrons. The summed E-state index contributed by atoms with van der Waals surface area (Å²) in [6.45, 7) is 3.93. The Kier molecular flexibility index (Phi) is 4.42. The standard InChI is InChI=1S/C17H21N3O2/c1-13-18-7-9-20(13)8-6-17(21)19-11-14-10-15-4-2-3-5-16(15)22-12-14/h2-5,7,9,14H,6,8,10-12H2,1H3,(H,19,21)/t14-/m1/s1. The van der Waals surface area contributed by atoms with Crippen molar-refractivity contribution in [3.8, 4) is 5.75 Å². The molecule has 5 heteroatoms. The summed E-state index contributed by atoms with van der Waals surface area (Å²) in [6, 6.07) is 8.10. The van der Waals surface area contributed by atoms with Crippen molar-refractivity contribution < 1.29 is 9.53 Å². The fraction of sp³-hybridized carbons (Fsp3) is 0.412. The number of fused-ring (bicyclic) bond motifs is 1. The van der Waals surface area contributed by atoms with Crippen molar-refractivity contribution in [2.24, 2.45) is 5.92 Å². The number of carbonyl (C=O) groups excluding carboxylic acids is 1. The molecule has 0 spiro atoms. The number of para-hydroxylation sites is 1. The molecule has 0 saturated heterocycles. The van der Waals surface area contributed by atoms with Crippen molar-refractivity contribution in [3.05, 3.63) is 48.0 Å². The van der Waals surface area contributed by atoms with Gasteiger partial charge in [-0.1, -0.05) is 18.2 Å². The zero-order valence-electron chi connectivity index (χ0n) is 12.8. The van der Waals surface area contributed by atoms with Crippen molar-refractivity contribution in [1.82, 2.24) is 14.9 Å². The number of aryl methyl sites for hydroxylation is 2. The van der Waals surface area contributed by atoms with E-state index in [4.69, 9.17) is 4.74 Å². The third kappa shape index (κ3) is 3.47. The Morgan fingerprint density at radius 2 is 2.32 bits per heavy atom. The van der Waals surface area contributed by atoms with Gasteiger partial charge in [0.1, 0.15) is 11.6 Å². The predicted octanol–water partition coefficient (Wildman–Crippen LogP) is 1.95. The average molecular weight is 299 g/mol. The fourth-order valence-corrected chi connectivity index (χ4v) is 2.73. The van der Waals surface area contributed by atoms with Crippen LogP contribution in [0.3, 0.4) is 0 Å². The first-order chi connectivity index (χ1) is 10.7. The van der Waals surface area contributed by atoms with Gasteiger partial charge in [0.25, 0.3) is 0 Å². The largest absolute Gasteiger partial charge is 0.493 e. The first-order valence-electron chi connectivity index (χ1n) is 7.67. The van der Waals surface area contributed by atoms with E-state index in [1.807, 2.05) is 35.9 Å². The van der Waals surface area contributed by atoms with Gasteiger partial charge in [-0.25, -0.2) is 4.98 Å². The van der Waals surface area contributed by atoms with E-state index in [1.54, 1.807) is 6.20 Å². The zero-order valence-corrected chi connectivity index (χ0v) is 12.8. The molecule has 5 nitrogen and oxygen atoms in total. The van der Waals surface area contributed by atoms with Crippen LogP contribution < -0.4 is 10.1 Å². The lowest BCUT2D eigenvalue weighted by molar-refractivity contribution is -0.121. The number of amides is 1. The summed E-state index contributed by atoms with van der Waals surface area (Å²) < 4.78 is 7.72. The summed E-state index contributed by atoms with van der Waals surface area (Å²) in [5.41, 5.74) is 1.22. The molecule has 1 aliphatic heterocycles. The molecule has 0 bridgehead atoms. The molecule has 0 unspecified atom stereocenters. The van der Waals surface area contributed by atoms with Gasteiger partial charge in [0.2, 0.25) is 5.91 Å². The zero-order chi connectivity index (χ0) is 15.4. The topological polar surface area (TPSA) is 56.2 Å². The Balaban J connectivity index is 1.43. The molecule has 3 rings (SSSR count). The van der Waals surface area contributed by atoms with Gasteiger partial charge in [-0.3, -0.25) is 4.79 Å². The number of hydrogen-bond donors (Lipinski definition) is 1. The number of aromatic nitrogens is 2. The lowest BCUT2D eigenvalue weighted by Gasteiger charge is -2.25. The number of hydrogen-bond acceptors (Lipinski definition) is 3. The van der Waals surface area contributed by atoms with E-state index in [1.165, 1.54) is 5.56 Å². The lowest BCUT2D eigenvalue weighted by Crippen LogP contribution is -2.35. The molecule has 2 heterocycles. The number of nitrogens with one attached hydrogen (secondary N) is 1. The minimum absolute atomic E-state index is 0.0759. The highest BCUT2D eigenvalue weighted by molar-refractivity contribution is 5.75. The molecule has 1 amide bonds. The fourth-order valence-electron chi connectivity index (χ4n) is 2.73. The Labute approximate surface area is 130 Å². The van der Waals surface area contributed by atoms with Gasteiger partial charge < -0.3 is 14.6 Å². The van der Waals surface area contributed by atoms with Crippen LogP contribution in [0.15, 0.2) is 36.7 Å². The smallest absolute Gasteiger partial charge is 0.221 e. The van der Waals surface area contributed by atoms with E-state index >= 15 is 0 Å². The van der Waals surface area contributed by atoms with Gasteiger partial charge in [-0.15, -0.1) is 0 Å². The second-order valence-corrected chi connectivity index (χ2v) is 5.71. The molecule has 116 valence electrons. The van der Waals surface area contributed by atoms with Crippen LogP contribution >= 0.6 is 0 Å². The van der Waals surface area contributed by atoms with Crippen molar-refractivity contribution in [3.63, 3.8) is 0 Å². The minimum atomic E-state index is 0.0759. The Hall–Kier alpha value is -2.30. The number of carbonyl (C=O) groups is 1. The molecule has 0 fully saturated rings. The lowest BCUT2D eigenvalue weighted by atomic mass is 9.97. The molecule has 22 heavy (non-hydrogen) atoms. The average Bonchev–Trinajstić information content (AvgIpc) is 2.96. The van der Waals surface area contributed by atoms with E-state index in [2.05, 4.69) is 16.4 Å². The summed E-state index contributed by atoms with van der Waals surface area (Å²) in [5.74, 6) is 2.33. The summed E-state index contributed by atoms with van der Waals surface area (Å²) in [4.78, 5) is 16.1. The van der Waals surface area contributed by atoms with Crippen molar-refractivity contribution >= 4 is 5.91 Å². The summed E-state index contributed by atoms with van der Waals surface area (Å²) >= 11 is 0. The van der Waals surface area contributed by atoms with Gasteiger partial charge in [0, 0.05) is 37.8 Å². The molecular weight excluding hydrogens is 278 g/mol. The number of imidazole rings is 1. The maximum atomic E-state index is 12.0. The molecule has 1 N–H and O–H groups in total. The highest BCUT2D eigenvalue weighted by Gasteiger charge is 2.19. The van der Waals surface area contributed by atoms with E-state index < -0.39 is 0 Å². The van der Waals surface area contributed by atoms with Gasteiger partial charge in [0.15, 0.2) is 0 Å². The molecule has 1 aromatic heterocycles. The summed E-state index contributed by atoms with van der Waals surface area (Å²) in [7, 11) is 0. The van der Waals surface area contributed by atoms with Crippen LogP contribution in [0.5, 0.6) is 5.75 Å². The van der Waals surface area contributed by atoms with Crippen LogP contribution in [0.4, 0.5) is 0 Å². The van der Waals surface area contributed by atoms with Crippen LogP contribution in [0, 0.1) is 12.8 Å². The Morgan fingerprint density at radius 3 is 3.14 bits per heavy atom. The first-order valence-corrected chi connectivity index (χ1v) is 7.67. The van der Waals surface area contributed by atoms with Gasteiger partial charge in [-0.2, -0.15) is 0 Å². The van der Waals surface area contributed by atoms with Crippen molar-refractivity contribution in [2.45, 2.75) is 26.3 Å². The molecule has 0 saturated carbocycles. The van der Waals surface area contributed by atoms with E-state index in [-0.39, 0.29) is 5.91 Å². The SMILES string of the molecule is Cc1nccn1CCC(=O)NC[C@@H]1COc2ccccc2C1. The molecule has 1 atom stereocenters. The van der Waals surface area contributed by atoms with Gasteiger partial charge >= 0.3 is 0 Å². The predicted molar refractivity (Wildman–Crippen MR) is 83.7 cm³/mol. The first kappa shape index (κ1) is 14.6. The number of rotatable bonds is 5. The number of benzene rings is 1.